The van der Waals surface area contributed by atoms with Gasteiger partial charge in [0.2, 0.25) is 0 Å². The molecule has 2 fully saturated rings. The lowest BCUT2D eigenvalue weighted by molar-refractivity contribution is -0.142. The smallest absolute Gasteiger partial charge is 0.326 e. The highest BCUT2D eigenvalue weighted by molar-refractivity contribution is 5.85. The average Bonchev–Trinajstić information content (AvgIpc) is 2.75. The number of carbonyl (C=O) groups excluding carboxylic acids is 1. The predicted octanol–water partition coefficient (Wildman–Crippen LogP) is 0.806. The molecule has 0 aliphatic carbocycles. The first-order chi connectivity index (χ1) is 9.61. The molecule has 1 unspecified atom stereocenters. The lowest BCUT2D eigenvalue weighted by Gasteiger charge is -2.26. The van der Waals surface area contributed by atoms with E-state index in [1.54, 1.807) is 0 Å². The van der Waals surface area contributed by atoms with Gasteiger partial charge in [0.15, 0.2) is 0 Å². The second-order valence-corrected chi connectivity index (χ2v) is 4.87. The zero-order valence-corrected chi connectivity index (χ0v) is 11.0. The number of carbonyl (C=O) groups is 2. The molecule has 3 rings (SSSR count). The summed E-state index contributed by atoms with van der Waals surface area (Å²) in [5, 5.41) is 20.0. The fourth-order valence-corrected chi connectivity index (χ4v) is 2.41. The minimum Gasteiger partial charge on any atom is -0.480 e. The standard InChI is InChI=1S/C7H10N2O3.C7H8O/c10-6(11)5-2-1-4-3-9(5)7(12)8-4;8-6-7-4-2-1-3-5-7/h4-5H,1-3H2,(H,8,12)(H,10,11);1-5,8H,6H2/t4?,5-;/m0./s1. The van der Waals surface area contributed by atoms with Gasteiger partial charge in [-0.1, -0.05) is 30.3 Å². The molecule has 2 bridgehead atoms. The van der Waals surface area contributed by atoms with Crippen LogP contribution >= 0.6 is 0 Å². The highest BCUT2D eigenvalue weighted by Gasteiger charge is 2.41. The minimum atomic E-state index is -0.898. The third kappa shape index (κ3) is 3.27. The first kappa shape index (κ1) is 14.3. The van der Waals surface area contributed by atoms with Crippen molar-refractivity contribution in [2.24, 2.45) is 0 Å². The highest BCUT2D eigenvalue weighted by atomic mass is 16.4. The molecule has 2 aliphatic rings. The minimum absolute atomic E-state index is 0.140. The van der Waals surface area contributed by atoms with Gasteiger partial charge < -0.3 is 20.4 Å². The van der Waals surface area contributed by atoms with Gasteiger partial charge in [0.1, 0.15) is 6.04 Å². The van der Waals surface area contributed by atoms with Crippen molar-refractivity contribution in [2.45, 2.75) is 31.5 Å². The van der Waals surface area contributed by atoms with Gasteiger partial charge in [-0.3, -0.25) is 0 Å². The van der Waals surface area contributed by atoms with Crippen molar-refractivity contribution >= 4 is 12.0 Å². The number of carboxylic acids is 1. The summed E-state index contributed by atoms with van der Waals surface area (Å²) in [6.07, 6.45) is 1.35. The number of aliphatic hydroxyl groups is 1. The van der Waals surface area contributed by atoms with Crippen molar-refractivity contribution in [3.63, 3.8) is 0 Å². The van der Waals surface area contributed by atoms with Gasteiger partial charge in [-0.25, -0.2) is 9.59 Å². The summed E-state index contributed by atoms with van der Waals surface area (Å²) >= 11 is 0. The van der Waals surface area contributed by atoms with Gasteiger partial charge in [-0.05, 0) is 18.4 Å². The quantitative estimate of drug-likeness (QED) is 0.746. The second-order valence-electron chi connectivity index (χ2n) is 4.87. The molecule has 0 spiro atoms. The lowest BCUT2D eigenvalue weighted by atomic mass is 10.0. The van der Waals surface area contributed by atoms with E-state index in [2.05, 4.69) is 5.32 Å². The number of aliphatic hydroxyl groups excluding tert-OH is 1. The van der Waals surface area contributed by atoms with Gasteiger partial charge in [0.05, 0.1) is 6.61 Å². The van der Waals surface area contributed by atoms with Crippen LogP contribution in [0.2, 0.25) is 0 Å². The van der Waals surface area contributed by atoms with Gasteiger partial charge in [0, 0.05) is 12.6 Å². The fourth-order valence-electron chi connectivity index (χ4n) is 2.41. The predicted molar refractivity (Wildman–Crippen MR) is 72.0 cm³/mol. The van der Waals surface area contributed by atoms with E-state index in [9.17, 15) is 9.59 Å². The van der Waals surface area contributed by atoms with Gasteiger partial charge in [-0.15, -0.1) is 0 Å². The number of nitrogens with zero attached hydrogens (tertiary/aromatic N) is 1. The van der Waals surface area contributed by atoms with Gasteiger partial charge >= 0.3 is 12.0 Å². The SMILES string of the molecule is O=C(O)[C@@H]1CCC2CN1C(=O)N2.OCc1ccccc1. The van der Waals surface area contributed by atoms with E-state index in [1.807, 2.05) is 30.3 Å². The Morgan fingerprint density at radius 2 is 2.00 bits per heavy atom. The normalized spacial score (nSPS) is 23.6. The van der Waals surface area contributed by atoms with Crippen LogP contribution in [0.5, 0.6) is 0 Å². The molecule has 1 aromatic rings. The Labute approximate surface area is 117 Å². The van der Waals surface area contributed by atoms with Gasteiger partial charge in [-0.2, -0.15) is 0 Å². The Bertz CT molecular complexity index is 477. The molecule has 2 saturated heterocycles. The number of piperidine rings is 1. The number of amides is 2. The Kier molecular flexibility index (Phi) is 4.57. The Balaban J connectivity index is 0.000000160. The van der Waals surface area contributed by atoms with E-state index in [0.29, 0.717) is 13.0 Å². The molecule has 0 radical (unpaired) electrons. The molecule has 6 heteroatoms. The summed E-state index contributed by atoms with van der Waals surface area (Å²) in [6.45, 7) is 0.691. The van der Waals surface area contributed by atoms with E-state index < -0.39 is 12.0 Å². The molecule has 2 aliphatic heterocycles. The van der Waals surface area contributed by atoms with E-state index in [4.69, 9.17) is 10.2 Å². The summed E-state index contributed by atoms with van der Waals surface area (Å²) in [5.74, 6) is -0.898. The van der Waals surface area contributed by atoms with Crippen molar-refractivity contribution in [1.29, 1.82) is 0 Å². The van der Waals surface area contributed by atoms with Crippen molar-refractivity contribution in [2.75, 3.05) is 6.54 Å². The van der Waals surface area contributed by atoms with Crippen molar-refractivity contribution in [3.8, 4) is 0 Å². The molecule has 2 atom stereocenters. The monoisotopic (exact) mass is 278 g/mol. The Hall–Kier alpha value is -2.08. The van der Waals surface area contributed by atoms with Crippen LogP contribution in [0.15, 0.2) is 30.3 Å². The van der Waals surface area contributed by atoms with Crippen molar-refractivity contribution in [3.05, 3.63) is 35.9 Å². The highest BCUT2D eigenvalue weighted by Crippen LogP contribution is 2.22. The lowest BCUT2D eigenvalue weighted by Crippen LogP contribution is -2.44. The molecule has 6 nitrogen and oxygen atoms in total. The number of urea groups is 1. The zero-order chi connectivity index (χ0) is 14.5. The van der Waals surface area contributed by atoms with Crippen LogP contribution in [-0.4, -0.2) is 45.7 Å². The van der Waals surface area contributed by atoms with E-state index in [1.165, 1.54) is 4.90 Å². The second kappa shape index (κ2) is 6.38. The summed E-state index contributed by atoms with van der Waals surface area (Å²) in [4.78, 5) is 23.2. The van der Waals surface area contributed by atoms with Crippen LogP contribution in [0.4, 0.5) is 4.79 Å². The summed E-state index contributed by atoms with van der Waals surface area (Å²) in [7, 11) is 0. The Morgan fingerprint density at radius 3 is 2.55 bits per heavy atom. The number of aliphatic carboxylic acids is 1. The first-order valence-electron chi connectivity index (χ1n) is 6.56. The molecule has 2 heterocycles. The van der Waals surface area contributed by atoms with Crippen molar-refractivity contribution in [1.82, 2.24) is 10.2 Å². The number of nitrogens with one attached hydrogen (secondary N) is 1. The molecule has 3 N–H and O–H groups in total. The molecular weight excluding hydrogens is 260 g/mol. The van der Waals surface area contributed by atoms with Crippen LogP contribution in [0.25, 0.3) is 0 Å². The van der Waals surface area contributed by atoms with E-state index in [-0.39, 0.29) is 18.7 Å². The third-order valence-electron chi connectivity index (χ3n) is 3.48. The Morgan fingerprint density at radius 1 is 1.30 bits per heavy atom. The summed E-state index contributed by atoms with van der Waals surface area (Å²) in [6, 6.07) is 8.86. The average molecular weight is 278 g/mol. The molecule has 0 aromatic heterocycles. The van der Waals surface area contributed by atoms with E-state index in [0.717, 1.165) is 12.0 Å². The van der Waals surface area contributed by atoms with Crippen LogP contribution in [0.1, 0.15) is 18.4 Å². The third-order valence-corrected chi connectivity index (χ3v) is 3.48. The maximum absolute atomic E-state index is 11.1. The summed E-state index contributed by atoms with van der Waals surface area (Å²) in [5.41, 5.74) is 0.965. The topological polar surface area (TPSA) is 89.9 Å². The van der Waals surface area contributed by atoms with Crippen LogP contribution < -0.4 is 5.32 Å². The number of carboxylic acid groups (broad SMARTS) is 1. The molecule has 20 heavy (non-hydrogen) atoms. The number of rotatable bonds is 2. The molecule has 0 saturated carbocycles. The van der Waals surface area contributed by atoms with E-state index >= 15 is 0 Å². The number of hydrogen-bond donors (Lipinski definition) is 3. The maximum Gasteiger partial charge on any atom is 0.326 e. The molecule has 2 amide bonds. The zero-order valence-electron chi connectivity index (χ0n) is 11.0. The number of fused-ring (bicyclic) bond motifs is 2. The number of hydrogen-bond acceptors (Lipinski definition) is 3. The number of benzene rings is 1. The van der Waals surface area contributed by atoms with Crippen LogP contribution in [-0.2, 0) is 11.4 Å². The first-order valence-corrected chi connectivity index (χ1v) is 6.56. The van der Waals surface area contributed by atoms with Gasteiger partial charge in [0.25, 0.3) is 0 Å². The summed E-state index contributed by atoms with van der Waals surface area (Å²) < 4.78 is 0. The largest absolute Gasteiger partial charge is 0.480 e. The van der Waals surface area contributed by atoms with Crippen molar-refractivity contribution < 1.29 is 19.8 Å². The molecule has 1 aromatic carbocycles. The maximum atomic E-state index is 11.1. The molecule has 108 valence electrons. The van der Waals surface area contributed by atoms with Crippen LogP contribution in [0, 0.1) is 0 Å². The molecular formula is C14H18N2O4. The van der Waals surface area contributed by atoms with Crippen LogP contribution in [0.3, 0.4) is 0 Å². The fraction of sp³-hybridized carbons (Fsp3) is 0.429.